The van der Waals surface area contributed by atoms with E-state index >= 15 is 0 Å². The van der Waals surface area contributed by atoms with Crippen molar-refractivity contribution in [3.05, 3.63) is 36.4 Å². The molecule has 10 atom stereocenters. The van der Waals surface area contributed by atoms with Crippen molar-refractivity contribution < 1.29 is 81.8 Å². The summed E-state index contributed by atoms with van der Waals surface area (Å²) in [6.07, 6.45) is 9.53. The van der Waals surface area contributed by atoms with E-state index in [1.165, 1.54) is 38.9 Å². The second kappa shape index (κ2) is 53.7. The van der Waals surface area contributed by atoms with Crippen LogP contribution in [0.5, 0.6) is 0 Å². The number of carboxylic acid groups (broad SMARTS) is 1. The van der Waals surface area contributed by atoms with Gasteiger partial charge in [-0.05, 0) is 142 Å². The van der Waals surface area contributed by atoms with Crippen LogP contribution in [0, 0.1) is 5.92 Å². The molecule has 2 rings (SSSR count). The number of aliphatic imine (C=N–C) groups is 1. The number of aromatic amines is 2. The van der Waals surface area contributed by atoms with Crippen molar-refractivity contribution in [2.45, 2.75) is 197 Å². The summed E-state index contributed by atoms with van der Waals surface area (Å²) in [5.41, 5.74) is 40.6. The zero-order valence-corrected chi connectivity index (χ0v) is 62.8. The second-order valence-corrected chi connectivity index (χ2v) is 26.3. The molecule has 0 radical (unpaired) electrons. The third kappa shape index (κ3) is 40.8. The first-order chi connectivity index (χ1) is 52.3. The van der Waals surface area contributed by atoms with Crippen molar-refractivity contribution in [1.29, 1.82) is 0 Å². The van der Waals surface area contributed by atoms with Gasteiger partial charge >= 0.3 is 5.97 Å². The van der Waals surface area contributed by atoms with Gasteiger partial charge in [0.25, 0.3) is 0 Å². The molecule has 0 bridgehead atoms. The van der Waals surface area contributed by atoms with E-state index in [2.05, 4.69) is 105 Å². The molecule has 44 nitrogen and oxygen atoms in total. The molecular weight excluding hydrogens is 1440 g/mol. The molecule has 2 aromatic heterocycles. The van der Waals surface area contributed by atoms with E-state index in [4.69, 9.17) is 40.1 Å². The number of nitrogens with one attached hydrogen (secondary N) is 17. The van der Waals surface area contributed by atoms with Crippen LogP contribution in [-0.2, 0) is 89.6 Å². The predicted molar refractivity (Wildman–Crippen MR) is 398 cm³/mol. The van der Waals surface area contributed by atoms with Crippen LogP contribution in [0.2, 0.25) is 0 Å². The molecule has 0 aliphatic heterocycles. The summed E-state index contributed by atoms with van der Waals surface area (Å²) in [4.78, 5) is 229. The Labute approximate surface area is 636 Å². The van der Waals surface area contributed by atoms with Crippen molar-refractivity contribution in [3.63, 3.8) is 0 Å². The van der Waals surface area contributed by atoms with Crippen LogP contribution in [0.4, 0.5) is 0 Å². The minimum atomic E-state index is -1.36. The SMILES string of the molecule is CC(C)C[C@H](NC(=O)CNC(=O)[C@H](CCCCN)NC(=O)CNC(=O)CNC(=O)C(CCCN=C(N)N)NC(=O)[C@H](C)NC(=O)[C@H](Cc1cnc[nH]1)NC(=O)[C@H](CCCCN)NC(=O)[C@@H](N)Cc1cnc[nH]1)C(=O)NCC(=O)N[C@@H](CCCCN)C(=O)NCC(=O)NCC(=O)N[C@@H](C)C(=O)N[C@@H](CCCCN)C(=O)O. The molecule has 110 heavy (non-hydrogen) atoms. The van der Waals surface area contributed by atoms with Crippen LogP contribution < -0.4 is 120 Å². The summed E-state index contributed by atoms with van der Waals surface area (Å²) in [7, 11) is 0. The number of carbonyl (C=O) groups is 16. The quantitative estimate of drug-likeness (QED) is 0.0166. The first-order valence-corrected chi connectivity index (χ1v) is 36.4. The molecule has 616 valence electrons. The number of aliphatic carboxylic acids is 1. The zero-order chi connectivity index (χ0) is 82.1. The molecule has 0 aromatic carbocycles. The molecule has 2 aromatic rings. The third-order valence-electron chi connectivity index (χ3n) is 16.3. The number of aromatic nitrogens is 4. The highest BCUT2D eigenvalue weighted by Gasteiger charge is 2.33. The monoisotopic (exact) mass is 1560 g/mol. The average Bonchev–Trinajstić information content (AvgIpc) is 1.05. The third-order valence-corrected chi connectivity index (χ3v) is 16.3. The Balaban J connectivity index is 2.04. The average molecular weight is 1560 g/mol. The highest BCUT2D eigenvalue weighted by atomic mass is 16.4. The molecule has 2 heterocycles. The molecule has 0 saturated carbocycles. The maximum atomic E-state index is 14.0. The van der Waals surface area contributed by atoms with E-state index in [-0.39, 0.29) is 89.3 Å². The lowest BCUT2D eigenvalue weighted by atomic mass is 10.0. The number of nitrogens with zero attached hydrogens (tertiary/aromatic N) is 3. The number of guanidine groups is 1. The summed E-state index contributed by atoms with van der Waals surface area (Å²) in [6.45, 7) is 3.19. The fourth-order valence-electron chi connectivity index (χ4n) is 10.3. The number of unbranched alkanes of at least 4 members (excludes halogenated alkanes) is 4. The predicted octanol–water partition coefficient (Wildman–Crippen LogP) is -9.95. The van der Waals surface area contributed by atoms with Gasteiger partial charge in [0.05, 0.1) is 58.0 Å². The van der Waals surface area contributed by atoms with Crippen LogP contribution in [0.25, 0.3) is 0 Å². The van der Waals surface area contributed by atoms with Crippen LogP contribution in [0.1, 0.15) is 135 Å². The molecule has 0 fully saturated rings. The first kappa shape index (κ1) is 95.1. The van der Waals surface area contributed by atoms with Crippen LogP contribution in [0.15, 0.2) is 30.0 Å². The van der Waals surface area contributed by atoms with Crippen LogP contribution in [0.3, 0.4) is 0 Å². The number of hydrogen-bond donors (Lipinski definition) is 25. The van der Waals surface area contributed by atoms with E-state index < -0.39 is 194 Å². The van der Waals surface area contributed by atoms with Gasteiger partial charge in [0.15, 0.2) is 5.96 Å². The number of H-pyrrole nitrogens is 2. The van der Waals surface area contributed by atoms with Crippen molar-refractivity contribution in [3.8, 4) is 0 Å². The van der Waals surface area contributed by atoms with Gasteiger partial charge in [-0.15, -0.1) is 0 Å². The zero-order valence-electron chi connectivity index (χ0n) is 62.8. The maximum absolute atomic E-state index is 14.0. The first-order valence-electron chi connectivity index (χ1n) is 36.4. The van der Waals surface area contributed by atoms with E-state index in [1.807, 2.05) is 0 Å². The Hall–Kier alpha value is -11.0. The number of carbonyl (C=O) groups excluding carboxylic acids is 15. The highest BCUT2D eigenvalue weighted by Crippen LogP contribution is 2.10. The molecule has 0 aliphatic carbocycles. The van der Waals surface area contributed by atoms with Gasteiger partial charge in [-0.25, -0.2) is 14.8 Å². The second-order valence-electron chi connectivity index (χ2n) is 26.3. The molecule has 44 heteroatoms. The summed E-state index contributed by atoms with van der Waals surface area (Å²) >= 11 is 0. The van der Waals surface area contributed by atoms with Gasteiger partial charge in [-0.3, -0.25) is 76.9 Å². The van der Waals surface area contributed by atoms with Crippen molar-refractivity contribution in [2.24, 2.45) is 51.0 Å². The lowest BCUT2D eigenvalue weighted by Gasteiger charge is -2.25. The number of imidazole rings is 2. The Bertz CT molecular complexity index is 3300. The fraction of sp³-hybridized carbons (Fsp3) is 0.652. The lowest BCUT2D eigenvalue weighted by molar-refractivity contribution is -0.142. The van der Waals surface area contributed by atoms with Gasteiger partial charge in [-0.2, -0.15) is 0 Å². The topological polar surface area (TPSA) is 726 Å². The van der Waals surface area contributed by atoms with Crippen molar-refractivity contribution in [2.75, 3.05) is 72.0 Å². The number of nitrogens with two attached hydrogens (primary N) is 7. The minimum Gasteiger partial charge on any atom is -0.480 e. The number of rotatable bonds is 57. The van der Waals surface area contributed by atoms with Gasteiger partial charge in [0.1, 0.15) is 54.4 Å². The van der Waals surface area contributed by atoms with Crippen LogP contribution >= 0.6 is 0 Å². The largest absolute Gasteiger partial charge is 0.480 e. The van der Waals surface area contributed by atoms with Gasteiger partial charge < -0.3 is 135 Å². The number of amides is 15. The Morgan fingerprint density at radius 2 is 0.718 bits per heavy atom. The standard InChI is InChI=1S/C66H115N27O17/c1-37(2)24-48(62(106)82-33-54(98)88-43(14-5-9-19-67)59(103)79-29-50(94)77-31-52(96)85-38(3)56(100)92-47(65(109)110)17-8-12-22-70)89-55(99)34-81-60(104)44(15-6-10-20-68)87-53(97)32-78-51(95)30-80-61(105)45(18-13-23-76-66(72)73)90-57(101)39(4)86-64(108)49(26-41-28-75-36-84-41)93-63(107)46(16-7-11-21-69)91-58(102)42(71)25-40-27-74-35-83-40/h27-28,35-39,42-49H,5-26,29-34,67-71H2,1-4H3,(H,74,83)(H,75,84)(H,77,94)(H,78,95)(H,79,103)(H,80,105)(H,81,104)(H,82,106)(H,85,96)(H,86,108)(H,87,97)(H,88,98)(H,89,99)(H,90,101)(H,91,102)(H,92,100)(H,93,107)(H,109,110)(H4,72,73,76)/t38-,39-,42-,43-,44-,45?,46-,47-,48-,49-/m0/s1. The van der Waals surface area contributed by atoms with E-state index in [0.29, 0.717) is 75.8 Å². The van der Waals surface area contributed by atoms with Crippen LogP contribution in [-0.4, -0.2) is 258 Å². The summed E-state index contributed by atoms with van der Waals surface area (Å²) in [5.74, 6) is -14.0. The summed E-state index contributed by atoms with van der Waals surface area (Å²) in [6, 6.07) is -12.4. The molecule has 0 aliphatic rings. The smallest absolute Gasteiger partial charge is 0.326 e. The molecule has 0 spiro atoms. The van der Waals surface area contributed by atoms with E-state index in [1.54, 1.807) is 13.8 Å². The van der Waals surface area contributed by atoms with Gasteiger partial charge in [0, 0.05) is 43.2 Å². The Morgan fingerprint density at radius 1 is 0.382 bits per heavy atom. The van der Waals surface area contributed by atoms with Gasteiger partial charge in [-0.1, -0.05) is 13.8 Å². The summed E-state index contributed by atoms with van der Waals surface area (Å²) in [5, 5.41) is 46.2. The van der Waals surface area contributed by atoms with E-state index in [0.717, 1.165) is 0 Å². The normalized spacial score (nSPS) is 13.7. The van der Waals surface area contributed by atoms with Gasteiger partial charge in [0.2, 0.25) is 88.6 Å². The molecule has 0 saturated heterocycles. The minimum absolute atomic E-state index is 0.0179. The Morgan fingerprint density at radius 3 is 1.14 bits per heavy atom. The highest BCUT2D eigenvalue weighted by molar-refractivity contribution is 5.99. The summed E-state index contributed by atoms with van der Waals surface area (Å²) < 4.78 is 0. The Kier molecular flexibility index (Phi) is 46.5. The maximum Gasteiger partial charge on any atom is 0.326 e. The lowest BCUT2D eigenvalue weighted by Crippen LogP contribution is -2.59. The fourth-order valence-corrected chi connectivity index (χ4v) is 10.3. The molecule has 1 unspecified atom stereocenters. The van der Waals surface area contributed by atoms with E-state index in [9.17, 15) is 81.8 Å². The molecule has 32 N–H and O–H groups in total. The van der Waals surface area contributed by atoms with Crippen molar-refractivity contribution in [1.82, 2.24) is 99.7 Å². The molecule has 15 amide bonds. The number of hydrogen-bond acceptors (Lipinski definition) is 24. The number of carboxylic acids is 1. The molecular formula is C66H115N27O17. The van der Waals surface area contributed by atoms with Crippen molar-refractivity contribution >= 4 is 101 Å².